The minimum Gasteiger partial charge on any atom is -0.393 e. The third kappa shape index (κ3) is 3.41. The van der Waals surface area contributed by atoms with Crippen LogP contribution in [0.1, 0.15) is 115 Å². The zero-order valence-corrected chi connectivity index (χ0v) is 19.2. The molecule has 3 heteroatoms. The van der Waals surface area contributed by atoms with Gasteiger partial charge in [-0.3, -0.25) is 0 Å². The van der Waals surface area contributed by atoms with Gasteiger partial charge in [-0.2, -0.15) is 0 Å². The molecule has 4 rings (SSSR count). The van der Waals surface area contributed by atoms with Crippen molar-refractivity contribution in [3.05, 3.63) is 0 Å². The third-order valence-electron chi connectivity index (χ3n) is 10.7. The van der Waals surface area contributed by atoms with Gasteiger partial charge in [-0.15, -0.1) is 0 Å². The van der Waals surface area contributed by atoms with Crippen LogP contribution in [0.4, 0.5) is 0 Å². The van der Waals surface area contributed by atoms with Crippen molar-refractivity contribution >= 4 is 0 Å². The first kappa shape index (κ1) is 15.7. The molecule has 4 aliphatic carbocycles. The fourth-order valence-electron chi connectivity index (χ4n) is 9.04. The zero-order chi connectivity index (χ0) is 27.8. The monoisotopic (exact) mass is 427 g/mol. The predicted octanol–water partition coefficient (Wildman–Crippen LogP) is 5.55. The van der Waals surface area contributed by atoms with E-state index in [9.17, 15) is 15.3 Å². The second kappa shape index (κ2) is 8.03. The van der Waals surface area contributed by atoms with Gasteiger partial charge in [-0.25, -0.2) is 0 Å². The first-order valence-electron chi connectivity index (χ1n) is 15.9. The highest BCUT2D eigenvalue weighted by molar-refractivity contribution is 5.17. The Bertz CT molecular complexity index is 833. The molecule has 0 aliphatic heterocycles. The van der Waals surface area contributed by atoms with Crippen LogP contribution in [-0.4, -0.2) is 33.1 Å². The average molecular weight is 428 g/mol. The van der Waals surface area contributed by atoms with Crippen molar-refractivity contribution in [2.75, 3.05) is 0 Å². The second-order valence-corrected chi connectivity index (χ2v) is 11.9. The van der Waals surface area contributed by atoms with E-state index in [0.29, 0.717) is 49.4 Å². The normalized spacial score (nSPS) is 56.5. The second-order valence-electron chi connectivity index (χ2n) is 11.9. The number of hydrogen-bond donors (Lipinski definition) is 3. The van der Waals surface area contributed by atoms with Crippen LogP contribution in [0.15, 0.2) is 0 Å². The van der Waals surface area contributed by atoms with E-state index in [-0.39, 0.29) is 24.2 Å². The van der Waals surface area contributed by atoms with Crippen molar-refractivity contribution in [1.82, 2.24) is 0 Å². The Morgan fingerprint density at radius 3 is 2.53 bits per heavy atom. The summed E-state index contributed by atoms with van der Waals surface area (Å²) >= 11 is 0. The average Bonchev–Trinajstić information content (AvgIpc) is 3.12. The SMILES string of the molecule is [2H]C([2H])([2H])C([2H])(CCC[C@@H](C)[C@H]1CC[C@H]2[C@@H]3C[C@@H](O)[C@@]4(O)C[C@@H](O)CC[C@]4(C)[C@H]3CC[C@]12C)C([2H])([2H])[2H]. The van der Waals surface area contributed by atoms with Gasteiger partial charge in [-0.1, -0.05) is 53.7 Å². The number of hydrogen-bond acceptors (Lipinski definition) is 3. The van der Waals surface area contributed by atoms with Crippen LogP contribution in [-0.2, 0) is 0 Å². The summed E-state index contributed by atoms with van der Waals surface area (Å²) in [6.45, 7) is 0.985. The van der Waals surface area contributed by atoms with Crippen LogP contribution < -0.4 is 0 Å². The van der Waals surface area contributed by atoms with E-state index in [1.54, 1.807) is 0 Å². The summed E-state index contributed by atoms with van der Waals surface area (Å²) in [6, 6.07) is 0. The molecule has 0 heterocycles. The molecule has 0 saturated heterocycles. The van der Waals surface area contributed by atoms with E-state index in [1.807, 2.05) is 0 Å². The highest BCUT2D eigenvalue weighted by Crippen LogP contribution is 2.69. The van der Waals surface area contributed by atoms with Crippen molar-refractivity contribution in [2.24, 2.45) is 46.3 Å². The minimum absolute atomic E-state index is 0.0897. The molecule has 0 radical (unpaired) electrons. The van der Waals surface area contributed by atoms with E-state index in [4.69, 9.17) is 9.60 Å². The molecule has 0 aromatic carbocycles. The maximum Gasteiger partial charge on any atom is 0.0985 e. The highest BCUT2D eigenvalue weighted by atomic mass is 16.3. The summed E-state index contributed by atoms with van der Waals surface area (Å²) in [5.74, 6) is -0.631. The topological polar surface area (TPSA) is 60.7 Å². The van der Waals surface area contributed by atoms with Crippen LogP contribution in [0.2, 0.25) is 0 Å². The predicted molar refractivity (Wildman–Crippen MR) is 122 cm³/mol. The molecule has 3 N–H and O–H groups in total. The summed E-state index contributed by atoms with van der Waals surface area (Å²) in [6.07, 6.45) is 5.93. The van der Waals surface area contributed by atoms with E-state index < -0.39 is 42.8 Å². The number of rotatable bonds is 5. The number of fused-ring (bicyclic) bond motifs is 5. The highest BCUT2D eigenvalue weighted by Gasteiger charge is 2.67. The lowest BCUT2D eigenvalue weighted by Gasteiger charge is -2.65. The molecule has 10 atom stereocenters. The van der Waals surface area contributed by atoms with E-state index in [1.165, 1.54) is 0 Å². The summed E-state index contributed by atoms with van der Waals surface area (Å²) in [4.78, 5) is 0. The van der Waals surface area contributed by atoms with Gasteiger partial charge in [0.25, 0.3) is 0 Å². The summed E-state index contributed by atoms with van der Waals surface area (Å²) in [5, 5.41) is 33.2. The van der Waals surface area contributed by atoms with Crippen LogP contribution in [0.25, 0.3) is 0 Å². The summed E-state index contributed by atoms with van der Waals surface area (Å²) in [5.41, 5.74) is -1.55. The van der Waals surface area contributed by atoms with Crippen molar-refractivity contribution in [3.63, 3.8) is 0 Å². The lowest BCUT2D eigenvalue weighted by Crippen LogP contribution is -2.68. The Hall–Kier alpha value is -0.120. The molecule has 4 aliphatic rings. The molecule has 30 heavy (non-hydrogen) atoms. The van der Waals surface area contributed by atoms with Gasteiger partial charge < -0.3 is 15.3 Å². The van der Waals surface area contributed by atoms with Gasteiger partial charge in [0.2, 0.25) is 0 Å². The van der Waals surface area contributed by atoms with Gasteiger partial charge in [0.1, 0.15) is 0 Å². The first-order chi connectivity index (χ1) is 16.8. The van der Waals surface area contributed by atoms with Crippen LogP contribution in [0.3, 0.4) is 0 Å². The van der Waals surface area contributed by atoms with Crippen molar-refractivity contribution in [3.8, 4) is 0 Å². The number of aliphatic hydroxyl groups is 3. The lowest BCUT2D eigenvalue weighted by molar-refractivity contribution is -0.264. The molecule has 174 valence electrons. The molecule has 4 saturated carbocycles. The Morgan fingerprint density at radius 2 is 1.80 bits per heavy atom. The molecule has 0 amide bonds. The van der Waals surface area contributed by atoms with E-state index in [2.05, 4.69) is 20.8 Å². The van der Waals surface area contributed by atoms with Gasteiger partial charge in [0.15, 0.2) is 0 Å². The molecule has 0 spiro atoms. The molecule has 3 nitrogen and oxygen atoms in total. The Balaban J connectivity index is 1.47. The summed E-state index contributed by atoms with van der Waals surface area (Å²) in [7, 11) is 0. The van der Waals surface area contributed by atoms with Gasteiger partial charge in [0, 0.05) is 21.4 Å². The third-order valence-corrected chi connectivity index (χ3v) is 10.7. The Labute approximate surface area is 194 Å². The molecular weight excluding hydrogens is 372 g/mol. The van der Waals surface area contributed by atoms with Crippen LogP contribution >= 0.6 is 0 Å². The van der Waals surface area contributed by atoms with E-state index in [0.717, 1.165) is 32.1 Å². The lowest BCUT2D eigenvalue weighted by atomic mass is 9.42. The molecule has 0 aromatic heterocycles. The quantitative estimate of drug-likeness (QED) is 0.539. The molecule has 0 aromatic rings. The maximum atomic E-state index is 11.6. The van der Waals surface area contributed by atoms with Gasteiger partial charge in [-0.05, 0) is 85.8 Å². The van der Waals surface area contributed by atoms with E-state index >= 15 is 0 Å². The van der Waals surface area contributed by atoms with Crippen molar-refractivity contribution in [1.29, 1.82) is 0 Å². The Kier molecular flexibility index (Phi) is 4.19. The van der Waals surface area contributed by atoms with Crippen LogP contribution in [0.5, 0.6) is 0 Å². The maximum absolute atomic E-state index is 11.6. The Morgan fingerprint density at radius 1 is 1.03 bits per heavy atom. The van der Waals surface area contributed by atoms with Gasteiger partial charge in [0.05, 0.1) is 17.8 Å². The molecule has 0 bridgehead atoms. The standard InChI is InChI=1S/C27H48O3/c1-17(2)7-6-8-18(3)21-9-10-22-20-15-24(29)27(30)16-19(28)11-14-26(27,5)23(20)12-13-25(21,22)4/h17-24,28-30H,6-16H2,1-5H3/t18-,19+,20+,21-,22+,23+,24-,25-,26-,27+/m1/s1/i1D3,2D3,17D. The summed E-state index contributed by atoms with van der Waals surface area (Å²) < 4.78 is 54.4. The molecule has 4 fully saturated rings. The van der Waals surface area contributed by atoms with Crippen LogP contribution in [0, 0.1) is 46.3 Å². The molecule has 0 unspecified atom stereocenters. The fraction of sp³-hybridized carbons (Fsp3) is 1.00. The fourth-order valence-corrected chi connectivity index (χ4v) is 9.04. The van der Waals surface area contributed by atoms with Crippen molar-refractivity contribution < 1.29 is 24.9 Å². The zero-order valence-electron chi connectivity index (χ0n) is 26.2. The smallest absolute Gasteiger partial charge is 0.0985 e. The van der Waals surface area contributed by atoms with Crippen molar-refractivity contribution in [2.45, 2.75) is 123 Å². The first-order valence-corrected chi connectivity index (χ1v) is 12.4. The van der Waals surface area contributed by atoms with Gasteiger partial charge >= 0.3 is 0 Å². The number of aliphatic hydroxyl groups excluding tert-OH is 2. The molecular formula is C27H48O3. The largest absolute Gasteiger partial charge is 0.393 e. The minimum atomic E-state index is -2.86.